The Balaban J connectivity index is 1.47. The van der Waals surface area contributed by atoms with Gasteiger partial charge in [-0.3, -0.25) is 9.20 Å². The van der Waals surface area contributed by atoms with Crippen molar-refractivity contribution in [3.05, 3.63) is 59.2 Å². The van der Waals surface area contributed by atoms with Gasteiger partial charge in [-0.05, 0) is 61.8 Å². The molecule has 0 N–H and O–H groups in total. The van der Waals surface area contributed by atoms with Crippen molar-refractivity contribution in [1.82, 2.24) is 19.3 Å². The summed E-state index contributed by atoms with van der Waals surface area (Å²) in [5.41, 5.74) is 5.85. The van der Waals surface area contributed by atoms with E-state index >= 15 is 0 Å². The predicted octanol–water partition coefficient (Wildman–Crippen LogP) is 2.85. The van der Waals surface area contributed by atoms with Gasteiger partial charge in [-0.1, -0.05) is 6.07 Å². The molecule has 3 heterocycles. The van der Waals surface area contributed by atoms with Gasteiger partial charge in [0.05, 0.1) is 5.69 Å². The summed E-state index contributed by atoms with van der Waals surface area (Å²) in [6.07, 6.45) is 9.23. The van der Waals surface area contributed by atoms with E-state index in [9.17, 15) is 4.79 Å². The van der Waals surface area contributed by atoms with E-state index in [1.165, 1.54) is 5.69 Å². The lowest BCUT2D eigenvalue weighted by Crippen LogP contribution is -2.28. The van der Waals surface area contributed by atoms with E-state index in [-0.39, 0.29) is 5.78 Å². The smallest absolute Gasteiger partial charge is 0.234 e. The Kier molecular flexibility index (Phi) is 4.43. The van der Waals surface area contributed by atoms with E-state index in [4.69, 9.17) is 0 Å². The highest BCUT2D eigenvalue weighted by Crippen LogP contribution is 2.30. The highest BCUT2D eigenvalue weighted by molar-refractivity contribution is 6.27. The van der Waals surface area contributed by atoms with E-state index in [1.807, 2.05) is 29.8 Å². The summed E-state index contributed by atoms with van der Waals surface area (Å²) >= 11 is 0. The maximum atomic E-state index is 12.9. The second-order valence-corrected chi connectivity index (χ2v) is 8.15. The molecular weight excluding hydrogens is 362 g/mol. The molecule has 2 aliphatic rings. The van der Waals surface area contributed by atoms with Crippen molar-refractivity contribution in [2.24, 2.45) is 0 Å². The minimum Gasteiger partial charge on any atom is -0.370 e. The number of fused-ring (bicyclic) bond motifs is 2. The first-order valence-electron chi connectivity index (χ1n) is 10.2. The van der Waals surface area contributed by atoms with Crippen LogP contribution in [0.1, 0.15) is 28.8 Å². The summed E-state index contributed by atoms with van der Waals surface area (Å²) in [4.78, 5) is 26.6. The van der Waals surface area contributed by atoms with Gasteiger partial charge in [0.25, 0.3) is 0 Å². The van der Waals surface area contributed by atoms with E-state index in [0.717, 1.165) is 49.3 Å². The van der Waals surface area contributed by atoms with Crippen LogP contribution in [0.2, 0.25) is 0 Å². The summed E-state index contributed by atoms with van der Waals surface area (Å²) in [6, 6.07) is 6.52. The zero-order chi connectivity index (χ0) is 20.0. The van der Waals surface area contributed by atoms with Gasteiger partial charge in [0, 0.05) is 55.9 Å². The molecule has 0 saturated carbocycles. The lowest BCUT2D eigenvalue weighted by molar-refractivity contribution is -0.113. The average Bonchev–Trinajstić information content (AvgIpc) is 2.99. The maximum Gasteiger partial charge on any atom is 0.234 e. The van der Waals surface area contributed by atoms with Crippen LogP contribution in [0.3, 0.4) is 0 Å². The second-order valence-electron chi connectivity index (χ2n) is 8.15. The number of ketones is 1. The highest BCUT2D eigenvalue weighted by Gasteiger charge is 2.23. The molecular formula is C23H25N5O. The van der Waals surface area contributed by atoms with E-state index in [2.05, 4.69) is 45.0 Å². The molecule has 29 heavy (non-hydrogen) atoms. The number of aromatic nitrogens is 3. The van der Waals surface area contributed by atoms with Crippen molar-refractivity contribution in [2.45, 2.75) is 19.8 Å². The first-order valence-corrected chi connectivity index (χ1v) is 10.2. The van der Waals surface area contributed by atoms with Crippen LogP contribution >= 0.6 is 0 Å². The minimum absolute atomic E-state index is 0.116. The van der Waals surface area contributed by atoms with Crippen molar-refractivity contribution in [3.8, 4) is 0 Å². The molecule has 0 unspecified atom stereocenters. The van der Waals surface area contributed by atoms with Crippen LogP contribution in [0.4, 0.5) is 5.69 Å². The predicted molar refractivity (Wildman–Crippen MR) is 115 cm³/mol. The molecule has 2 aromatic heterocycles. The fourth-order valence-corrected chi connectivity index (χ4v) is 4.22. The number of aryl methyl sites for hydroxylation is 1. The van der Waals surface area contributed by atoms with Crippen LogP contribution in [0.25, 0.3) is 17.4 Å². The molecule has 6 heteroatoms. The van der Waals surface area contributed by atoms with Crippen molar-refractivity contribution < 1.29 is 4.79 Å². The molecule has 0 spiro atoms. The van der Waals surface area contributed by atoms with Crippen molar-refractivity contribution >= 4 is 28.9 Å². The zero-order valence-corrected chi connectivity index (χ0v) is 16.9. The number of hydrogen-bond donors (Lipinski definition) is 0. The minimum atomic E-state index is 0.116. The molecule has 148 valence electrons. The number of anilines is 1. The number of likely N-dealkylation sites (N-methyl/N-ethyl adjacent to an activating group) is 1. The molecule has 0 amide bonds. The van der Waals surface area contributed by atoms with Crippen molar-refractivity contribution in [2.75, 3.05) is 38.1 Å². The maximum absolute atomic E-state index is 12.9. The Morgan fingerprint density at radius 1 is 1.07 bits per heavy atom. The monoisotopic (exact) mass is 387 g/mol. The van der Waals surface area contributed by atoms with E-state index < -0.39 is 0 Å². The molecule has 1 aromatic carbocycles. The summed E-state index contributed by atoms with van der Waals surface area (Å²) in [6.45, 7) is 6.29. The number of carbonyl (C=O) groups is 1. The third-order valence-corrected chi connectivity index (χ3v) is 5.88. The average molecular weight is 387 g/mol. The summed E-state index contributed by atoms with van der Waals surface area (Å²) < 4.78 is 1.88. The summed E-state index contributed by atoms with van der Waals surface area (Å²) in [5, 5.41) is 0. The quantitative estimate of drug-likeness (QED) is 0.677. The van der Waals surface area contributed by atoms with Crippen LogP contribution in [-0.4, -0.2) is 58.3 Å². The SMILES string of the molecule is Cc1cnc2nc(C3=Cc4ccc(N5CCCN(C)CC5)cc4CC3=O)cn2c1. The summed E-state index contributed by atoms with van der Waals surface area (Å²) in [5.74, 6) is 0.733. The number of rotatable bonds is 2. The van der Waals surface area contributed by atoms with Crippen LogP contribution in [0, 0.1) is 6.92 Å². The Morgan fingerprint density at radius 2 is 1.97 bits per heavy atom. The molecule has 0 bridgehead atoms. The second kappa shape index (κ2) is 7.12. The van der Waals surface area contributed by atoms with Crippen LogP contribution in [0.15, 0.2) is 36.8 Å². The normalized spacial score (nSPS) is 17.9. The standard InChI is InChI=1S/C23H25N5O/c1-16-13-24-23-25-21(15-28(23)14-16)20-11-17-4-5-19(10-18(17)12-22(20)29)27-7-3-6-26(2)8-9-27/h4-5,10-11,13-15H,3,6-9,12H2,1-2H3. The lowest BCUT2D eigenvalue weighted by Gasteiger charge is -2.25. The third kappa shape index (κ3) is 3.44. The molecule has 1 aliphatic carbocycles. The van der Waals surface area contributed by atoms with Gasteiger partial charge < -0.3 is 9.80 Å². The number of allylic oxidation sites excluding steroid dienone is 1. The topological polar surface area (TPSA) is 53.7 Å². The number of benzene rings is 1. The molecule has 0 atom stereocenters. The molecule has 1 saturated heterocycles. The fourth-order valence-electron chi connectivity index (χ4n) is 4.22. The van der Waals surface area contributed by atoms with E-state index in [0.29, 0.717) is 23.5 Å². The number of Topliss-reactive ketones (excluding diaryl/α,β-unsaturated/α-hetero) is 1. The first-order chi connectivity index (χ1) is 14.1. The van der Waals surface area contributed by atoms with Crippen molar-refractivity contribution in [3.63, 3.8) is 0 Å². The Bertz CT molecular complexity index is 1130. The molecule has 3 aromatic rings. The molecule has 1 fully saturated rings. The van der Waals surface area contributed by atoms with Gasteiger partial charge in [0.15, 0.2) is 5.78 Å². The Hall–Kier alpha value is -2.99. The number of hydrogen-bond acceptors (Lipinski definition) is 5. The van der Waals surface area contributed by atoms with Gasteiger partial charge in [-0.15, -0.1) is 0 Å². The lowest BCUT2D eigenvalue weighted by atomic mass is 9.89. The first kappa shape index (κ1) is 18.1. The largest absolute Gasteiger partial charge is 0.370 e. The Labute approximate surface area is 170 Å². The molecule has 6 nitrogen and oxygen atoms in total. The van der Waals surface area contributed by atoms with E-state index in [1.54, 1.807) is 6.20 Å². The van der Waals surface area contributed by atoms with Crippen LogP contribution < -0.4 is 4.90 Å². The number of nitrogens with zero attached hydrogens (tertiary/aromatic N) is 5. The molecule has 5 rings (SSSR count). The Morgan fingerprint density at radius 3 is 2.86 bits per heavy atom. The van der Waals surface area contributed by atoms with Gasteiger partial charge in [0.1, 0.15) is 0 Å². The number of imidazole rings is 1. The van der Waals surface area contributed by atoms with Gasteiger partial charge in [-0.25, -0.2) is 9.97 Å². The molecule has 0 radical (unpaired) electrons. The van der Waals surface area contributed by atoms with Crippen LogP contribution in [0.5, 0.6) is 0 Å². The van der Waals surface area contributed by atoms with Crippen molar-refractivity contribution in [1.29, 1.82) is 0 Å². The highest BCUT2D eigenvalue weighted by atomic mass is 16.1. The van der Waals surface area contributed by atoms with Gasteiger partial charge in [0.2, 0.25) is 5.78 Å². The summed E-state index contributed by atoms with van der Waals surface area (Å²) in [7, 11) is 2.18. The fraction of sp³-hybridized carbons (Fsp3) is 0.348. The molecule has 1 aliphatic heterocycles. The third-order valence-electron chi connectivity index (χ3n) is 5.88. The zero-order valence-electron chi connectivity index (χ0n) is 16.9. The van der Waals surface area contributed by atoms with Crippen LogP contribution in [-0.2, 0) is 11.2 Å². The van der Waals surface area contributed by atoms with Gasteiger partial charge >= 0.3 is 0 Å². The number of carbonyl (C=O) groups excluding carboxylic acids is 1. The van der Waals surface area contributed by atoms with Gasteiger partial charge in [-0.2, -0.15) is 0 Å².